The Balaban J connectivity index is 3.36. The first kappa shape index (κ1) is 9.78. The van der Waals surface area contributed by atoms with Crippen LogP contribution in [0.4, 0.5) is 11.4 Å². The molecule has 72 valence electrons. The minimum absolute atomic E-state index is 0.235. The molecule has 1 amide bonds. The summed E-state index contributed by atoms with van der Waals surface area (Å²) in [5, 5.41) is 13.7. The van der Waals surface area contributed by atoms with E-state index in [1.165, 1.54) is 0 Å². The van der Waals surface area contributed by atoms with Crippen molar-refractivity contribution < 1.29 is 9.90 Å². The standard InChI is InChI=1S/C7H5N3O4/c8-6-4(9-13)1-3(2-5(6)11)7(12)10-14/h1-2,11H,8H2. The molecule has 0 fully saturated rings. The fourth-order valence-corrected chi connectivity index (χ4v) is 0.875. The third kappa shape index (κ3) is 1.56. The van der Waals surface area contributed by atoms with Gasteiger partial charge < -0.3 is 10.8 Å². The highest BCUT2D eigenvalue weighted by Crippen LogP contribution is 2.32. The van der Waals surface area contributed by atoms with Crippen molar-refractivity contribution in [2.24, 2.45) is 10.4 Å². The van der Waals surface area contributed by atoms with Crippen LogP contribution >= 0.6 is 0 Å². The number of carbonyl (C=O) groups is 1. The van der Waals surface area contributed by atoms with E-state index >= 15 is 0 Å². The quantitative estimate of drug-likeness (QED) is 0.418. The predicted octanol–water partition coefficient (Wildman–Crippen LogP) is 1.28. The molecule has 0 spiro atoms. The van der Waals surface area contributed by atoms with Gasteiger partial charge in [0.05, 0.1) is 5.56 Å². The smallest absolute Gasteiger partial charge is 0.317 e. The van der Waals surface area contributed by atoms with Crippen LogP contribution in [-0.4, -0.2) is 11.0 Å². The Labute approximate surface area is 77.5 Å². The Morgan fingerprint density at radius 1 is 1.36 bits per heavy atom. The Morgan fingerprint density at radius 2 is 2.00 bits per heavy atom. The van der Waals surface area contributed by atoms with Gasteiger partial charge in [-0.25, -0.2) is 0 Å². The molecule has 0 bridgehead atoms. The monoisotopic (exact) mass is 195 g/mol. The number of nitrogens with two attached hydrogens (primary N) is 1. The summed E-state index contributed by atoms with van der Waals surface area (Å²) in [5.74, 6) is -1.60. The molecule has 0 aromatic heterocycles. The molecule has 0 unspecified atom stereocenters. The summed E-state index contributed by atoms with van der Waals surface area (Å²) < 4.78 is 0. The summed E-state index contributed by atoms with van der Waals surface area (Å²) in [6.07, 6.45) is 0. The number of anilines is 1. The minimum atomic E-state index is -1.11. The number of aromatic hydroxyl groups is 1. The molecule has 1 aromatic rings. The van der Waals surface area contributed by atoms with Crippen molar-refractivity contribution in [1.82, 2.24) is 0 Å². The zero-order chi connectivity index (χ0) is 10.7. The van der Waals surface area contributed by atoms with Crippen molar-refractivity contribution in [3.63, 3.8) is 0 Å². The fourth-order valence-electron chi connectivity index (χ4n) is 0.875. The third-order valence-electron chi connectivity index (χ3n) is 1.56. The molecular weight excluding hydrogens is 190 g/mol. The molecule has 0 aliphatic rings. The second kappa shape index (κ2) is 3.60. The second-order valence-corrected chi connectivity index (χ2v) is 2.42. The van der Waals surface area contributed by atoms with Crippen LogP contribution in [0.1, 0.15) is 10.4 Å². The first-order valence-corrected chi connectivity index (χ1v) is 3.43. The Hall–Kier alpha value is -2.31. The van der Waals surface area contributed by atoms with Crippen LogP contribution in [-0.2, 0) is 0 Å². The van der Waals surface area contributed by atoms with Gasteiger partial charge in [0, 0.05) is 5.18 Å². The van der Waals surface area contributed by atoms with Crippen molar-refractivity contribution in [3.8, 4) is 5.75 Å². The number of carbonyl (C=O) groups excluding carboxylic acids is 1. The van der Waals surface area contributed by atoms with Gasteiger partial charge in [-0.2, -0.15) is 0 Å². The number of phenols is 1. The molecule has 0 atom stereocenters. The van der Waals surface area contributed by atoms with E-state index in [0.717, 1.165) is 12.1 Å². The topological polar surface area (TPSA) is 122 Å². The summed E-state index contributed by atoms with van der Waals surface area (Å²) in [5.41, 5.74) is 4.45. The first-order valence-electron chi connectivity index (χ1n) is 3.43. The van der Waals surface area contributed by atoms with Crippen LogP contribution in [0.2, 0.25) is 0 Å². The average molecular weight is 195 g/mol. The number of amides is 1. The van der Waals surface area contributed by atoms with Crippen LogP contribution in [0.15, 0.2) is 22.5 Å². The van der Waals surface area contributed by atoms with E-state index in [2.05, 4.69) is 10.4 Å². The number of phenolic OH excluding ortho intramolecular Hbond substituents is 1. The summed E-state index contributed by atoms with van der Waals surface area (Å²) in [7, 11) is 0. The lowest BCUT2D eigenvalue weighted by atomic mass is 10.1. The lowest BCUT2D eigenvalue weighted by Gasteiger charge is -2.01. The average Bonchev–Trinajstić information content (AvgIpc) is 2.20. The third-order valence-corrected chi connectivity index (χ3v) is 1.56. The highest BCUT2D eigenvalue weighted by molar-refractivity contribution is 5.97. The largest absolute Gasteiger partial charge is 0.506 e. The maximum absolute atomic E-state index is 10.8. The summed E-state index contributed by atoms with van der Waals surface area (Å²) in [4.78, 5) is 30.8. The number of nitrogens with zero attached hydrogens (tertiary/aromatic N) is 2. The molecule has 1 aromatic carbocycles. The zero-order valence-electron chi connectivity index (χ0n) is 6.80. The van der Waals surface area contributed by atoms with Gasteiger partial charge in [-0.1, -0.05) is 0 Å². The van der Waals surface area contributed by atoms with Crippen LogP contribution in [0.5, 0.6) is 5.75 Å². The van der Waals surface area contributed by atoms with E-state index < -0.39 is 11.7 Å². The Bertz CT molecular complexity index is 416. The molecule has 1 rings (SSSR count). The summed E-state index contributed by atoms with van der Waals surface area (Å²) in [6, 6.07) is 1.92. The number of hydrogen-bond acceptors (Lipinski definition) is 6. The molecule has 0 radical (unpaired) electrons. The van der Waals surface area contributed by atoms with Gasteiger partial charge in [0.25, 0.3) is 0 Å². The zero-order valence-corrected chi connectivity index (χ0v) is 6.80. The van der Waals surface area contributed by atoms with Gasteiger partial charge >= 0.3 is 5.91 Å². The molecule has 0 heterocycles. The molecule has 0 saturated heterocycles. The molecule has 7 nitrogen and oxygen atoms in total. The van der Waals surface area contributed by atoms with Crippen molar-refractivity contribution in [1.29, 1.82) is 0 Å². The van der Waals surface area contributed by atoms with E-state index in [1.807, 2.05) is 0 Å². The van der Waals surface area contributed by atoms with Gasteiger partial charge in [0.1, 0.15) is 17.1 Å². The predicted molar refractivity (Wildman–Crippen MR) is 48.1 cm³/mol. The minimum Gasteiger partial charge on any atom is -0.506 e. The van der Waals surface area contributed by atoms with Gasteiger partial charge in [-0.05, 0) is 17.3 Å². The van der Waals surface area contributed by atoms with Gasteiger partial charge in [0.2, 0.25) is 0 Å². The second-order valence-electron chi connectivity index (χ2n) is 2.42. The van der Waals surface area contributed by atoms with Crippen molar-refractivity contribution in [3.05, 3.63) is 27.5 Å². The molecule has 14 heavy (non-hydrogen) atoms. The molecular formula is C7H5N3O4. The van der Waals surface area contributed by atoms with E-state index in [9.17, 15) is 14.6 Å². The molecule has 7 heteroatoms. The lowest BCUT2D eigenvalue weighted by molar-refractivity contribution is 0.100. The van der Waals surface area contributed by atoms with Gasteiger partial charge in [-0.3, -0.25) is 4.79 Å². The molecule has 0 aliphatic carbocycles. The van der Waals surface area contributed by atoms with Gasteiger partial charge in [-0.15, -0.1) is 9.81 Å². The van der Waals surface area contributed by atoms with Crippen molar-refractivity contribution >= 4 is 17.3 Å². The maximum atomic E-state index is 10.8. The SMILES string of the molecule is Nc1c(O)cc(C(=O)N=O)cc1N=O. The summed E-state index contributed by atoms with van der Waals surface area (Å²) in [6.45, 7) is 0. The highest BCUT2D eigenvalue weighted by Gasteiger charge is 2.13. The van der Waals surface area contributed by atoms with Gasteiger partial charge in [0.15, 0.2) is 0 Å². The van der Waals surface area contributed by atoms with E-state index in [0.29, 0.717) is 0 Å². The van der Waals surface area contributed by atoms with Crippen molar-refractivity contribution in [2.75, 3.05) is 5.73 Å². The van der Waals surface area contributed by atoms with Crippen molar-refractivity contribution in [2.45, 2.75) is 0 Å². The number of nitrogen functional groups attached to an aromatic ring is 1. The van der Waals surface area contributed by atoms with E-state index in [-0.39, 0.29) is 16.9 Å². The number of nitroso groups, excluding NO2 is 2. The molecule has 0 saturated carbocycles. The fraction of sp³-hybridized carbons (Fsp3) is 0. The molecule has 3 N–H and O–H groups in total. The normalized spacial score (nSPS) is 9.43. The van der Waals surface area contributed by atoms with Crippen LogP contribution < -0.4 is 5.73 Å². The van der Waals surface area contributed by atoms with E-state index in [4.69, 9.17) is 10.8 Å². The maximum Gasteiger partial charge on any atom is 0.317 e. The van der Waals surface area contributed by atoms with Crippen LogP contribution in [0.25, 0.3) is 0 Å². The lowest BCUT2D eigenvalue weighted by Crippen LogP contribution is -1.95. The Morgan fingerprint density at radius 3 is 2.50 bits per heavy atom. The Kier molecular flexibility index (Phi) is 2.52. The first-order chi connectivity index (χ1) is 6.60. The van der Waals surface area contributed by atoms with E-state index in [1.54, 1.807) is 0 Å². The highest BCUT2D eigenvalue weighted by atomic mass is 16.3. The molecule has 0 aliphatic heterocycles. The van der Waals surface area contributed by atoms with Crippen LogP contribution in [0, 0.1) is 9.81 Å². The van der Waals surface area contributed by atoms with Crippen LogP contribution in [0.3, 0.4) is 0 Å². The number of benzene rings is 1. The summed E-state index contributed by atoms with van der Waals surface area (Å²) >= 11 is 0. The number of rotatable bonds is 2. The number of hydrogen-bond donors (Lipinski definition) is 2.